The van der Waals surface area contributed by atoms with Crippen LogP contribution in [-0.2, 0) is 14.4 Å². The van der Waals surface area contributed by atoms with Gasteiger partial charge in [-0.3, -0.25) is 14.4 Å². The Morgan fingerprint density at radius 3 is 1.02 bits per heavy atom. The summed E-state index contributed by atoms with van der Waals surface area (Å²) in [6.45, 7) is 1.68. The Bertz CT molecular complexity index is 1490. The quantitative estimate of drug-likeness (QED) is 0.0616. The molecule has 0 aliphatic heterocycles. The molecule has 12 heteroatoms. The van der Waals surface area contributed by atoms with Crippen molar-refractivity contribution in [3.8, 4) is 0 Å². The second-order valence-electron chi connectivity index (χ2n) is 13.5. The fraction of sp³-hybridized carbons (Fsp3) is 0.447. The van der Waals surface area contributed by atoms with Crippen LogP contribution in [0.5, 0.6) is 0 Å². The lowest BCUT2D eigenvalue weighted by atomic mass is 9.61. The van der Waals surface area contributed by atoms with Crippen molar-refractivity contribution in [2.45, 2.75) is 87.7 Å². The van der Waals surface area contributed by atoms with Crippen LogP contribution < -0.4 is 50.4 Å². The molecule has 3 aliphatic carbocycles. The smallest absolute Gasteiger partial charge is 0.241 e. The van der Waals surface area contributed by atoms with Crippen molar-refractivity contribution in [3.05, 3.63) is 88.0 Å². The lowest BCUT2D eigenvalue weighted by Crippen LogP contribution is -2.36. The molecule has 50 heavy (non-hydrogen) atoms. The molecule has 0 saturated heterocycles. The van der Waals surface area contributed by atoms with E-state index in [-0.39, 0.29) is 29.6 Å². The molecule has 3 atom stereocenters. The van der Waals surface area contributed by atoms with Crippen molar-refractivity contribution in [1.29, 1.82) is 0 Å². The summed E-state index contributed by atoms with van der Waals surface area (Å²) in [5.41, 5.74) is 43.9. The number of carbonyl (C=O) groups is 3. The van der Waals surface area contributed by atoms with Gasteiger partial charge in [0.25, 0.3) is 0 Å². The zero-order valence-electron chi connectivity index (χ0n) is 28.8. The van der Waals surface area contributed by atoms with E-state index in [0.717, 1.165) is 71.9 Å². The summed E-state index contributed by atoms with van der Waals surface area (Å²) in [5.74, 6) is -1.06. The van der Waals surface area contributed by atoms with Gasteiger partial charge in [0.2, 0.25) is 17.7 Å². The summed E-state index contributed by atoms with van der Waals surface area (Å²) < 4.78 is 0. The Hall–Kier alpha value is -4.17. The SMILES string of the molecule is NCCCC[C@@H](N)C(=O)Nc1ccc2c(c1)C1c3cc(NC(=O)[C@H](N)CCCCN)ccc3C2c2ccc(NC(=O)[C@H](N)CCCCN)cc21. The molecule has 0 heterocycles. The molecule has 12 nitrogen and oxygen atoms in total. The van der Waals surface area contributed by atoms with Gasteiger partial charge in [-0.2, -0.15) is 0 Å². The normalized spacial score (nSPS) is 17.2. The van der Waals surface area contributed by atoms with Crippen molar-refractivity contribution in [2.24, 2.45) is 34.4 Å². The molecule has 0 radical (unpaired) electrons. The van der Waals surface area contributed by atoms with E-state index in [4.69, 9.17) is 34.4 Å². The van der Waals surface area contributed by atoms with Crippen LogP contribution >= 0.6 is 0 Å². The van der Waals surface area contributed by atoms with E-state index in [1.807, 2.05) is 36.4 Å². The Labute approximate surface area is 294 Å². The second kappa shape index (κ2) is 17.2. The first kappa shape index (κ1) is 37.1. The number of carbonyl (C=O) groups excluding carboxylic acids is 3. The third-order valence-electron chi connectivity index (χ3n) is 9.85. The minimum atomic E-state index is -0.642. The maximum atomic E-state index is 13.0. The molecule has 0 fully saturated rings. The number of amides is 3. The summed E-state index contributed by atoms with van der Waals surface area (Å²) in [7, 11) is 0. The molecule has 2 bridgehead atoms. The fourth-order valence-corrected chi connectivity index (χ4v) is 7.13. The van der Waals surface area contributed by atoms with E-state index in [1.54, 1.807) is 0 Å². The molecule has 3 aromatic rings. The van der Waals surface area contributed by atoms with Crippen molar-refractivity contribution in [3.63, 3.8) is 0 Å². The van der Waals surface area contributed by atoms with Gasteiger partial charge in [0, 0.05) is 28.9 Å². The molecule has 15 N–H and O–H groups in total. The van der Waals surface area contributed by atoms with Crippen LogP contribution in [0.3, 0.4) is 0 Å². The fourth-order valence-electron chi connectivity index (χ4n) is 7.13. The molecule has 0 unspecified atom stereocenters. The van der Waals surface area contributed by atoms with Crippen molar-refractivity contribution in [1.82, 2.24) is 0 Å². The number of benzene rings is 3. The first-order valence-electron chi connectivity index (χ1n) is 17.9. The zero-order valence-corrected chi connectivity index (χ0v) is 28.8. The number of unbranched alkanes of at least 4 members (excludes halogenated alkanes) is 3. The lowest BCUT2D eigenvalue weighted by molar-refractivity contribution is -0.118. The number of rotatable bonds is 18. The van der Waals surface area contributed by atoms with Crippen LogP contribution in [-0.4, -0.2) is 55.5 Å². The minimum absolute atomic E-state index is 0.0881. The van der Waals surface area contributed by atoms with Gasteiger partial charge in [-0.15, -0.1) is 0 Å². The Morgan fingerprint density at radius 2 is 0.740 bits per heavy atom. The highest BCUT2D eigenvalue weighted by atomic mass is 16.2. The molecular weight excluding hydrogens is 630 g/mol. The van der Waals surface area contributed by atoms with E-state index < -0.39 is 18.1 Å². The van der Waals surface area contributed by atoms with Crippen LogP contribution in [0.1, 0.15) is 103 Å². The molecule has 268 valence electrons. The number of nitrogens with one attached hydrogen (secondary N) is 3. The highest BCUT2D eigenvalue weighted by molar-refractivity contribution is 5.97. The Morgan fingerprint density at radius 1 is 0.460 bits per heavy atom. The van der Waals surface area contributed by atoms with Crippen LogP contribution in [0.25, 0.3) is 0 Å². The molecule has 6 rings (SSSR count). The first-order valence-corrected chi connectivity index (χ1v) is 17.9. The van der Waals surface area contributed by atoms with E-state index in [9.17, 15) is 14.4 Å². The summed E-state index contributed by atoms with van der Waals surface area (Å²) in [6.07, 6.45) is 6.43. The van der Waals surface area contributed by atoms with Crippen molar-refractivity contribution >= 4 is 34.8 Å². The standard InChI is InChI=1S/C38H53N9O3/c39-16-4-1-7-31(42)36(48)45-22-10-13-25-28(19-22)35-29-20-23(46-37(49)32(43)8-2-5-17-40)11-14-26(29)34(25)27-15-12-24(21-30(27)35)47-38(50)33(44)9-3-6-18-41/h10-15,19-21,31-35H,1-9,16-18,39-44H2,(H,45,48)(H,46,49)(H,47,50)/t31-,32-,33-,34?,35?/m1/s1. The van der Waals surface area contributed by atoms with Gasteiger partial charge in [-0.25, -0.2) is 0 Å². The first-order chi connectivity index (χ1) is 24.2. The van der Waals surface area contributed by atoms with E-state index in [0.29, 0.717) is 56.0 Å². The predicted octanol–water partition coefficient (Wildman–Crippen LogP) is 2.86. The van der Waals surface area contributed by atoms with Crippen LogP contribution in [0.15, 0.2) is 54.6 Å². The maximum absolute atomic E-state index is 13.0. The van der Waals surface area contributed by atoms with Gasteiger partial charge in [-0.1, -0.05) is 37.5 Å². The average molecular weight is 684 g/mol. The molecule has 0 saturated carbocycles. The minimum Gasteiger partial charge on any atom is -0.330 e. The van der Waals surface area contributed by atoms with Crippen LogP contribution in [0, 0.1) is 0 Å². The highest BCUT2D eigenvalue weighted by Gasteiger charge is 2.42. The third kappa shape index (κ3) is 8.40. The van der Waals surface area contributed by atoms with Gasteiger partial charge < -0.3 is 50.4 Å². The van der Waals surface area contributed by atoms with Gasteiger partial charge in [0.1, 0.15) is 0 Å². The molecule has 3 aromatic carbocycles. The topological polar surface area (TPSA) is 243 Å². The van der Waals surface area contributed by atoms with Gasteiger partial charge in [0.15, 0.2) is 0 Å². The molecule has 0 aromatic heterocycles. The largest absolute Gasteiger partial charge is 0.330 e. The number of nitrogens with two attached hydrogens (primary N) is 6. The maximum Gasteiger partial charge on any atom is 0.241 e. The summed E-state index contributed by atoms with van der Waals surface area (Å²) >= 11 is 0. The summed E-state index contributed by atoms with van der Waals surface area (Å²) in [6, 6.07) is 16.1. The molecular formula is C38H53N9O3. The number of hydrogen-bond acceptors (Lipinski definition) is 9. The van der Waals surface area contributed by atoms with Crippen LogP contribution in [0.2, 0.25) is 0 Å². The number of hydrogen-bond donors (Lipinski definition) is 9. The number of anilines is 3. The predicted molar refractivity (Wildman–Crippen MR) is 200 cm³/mol. The Kier molecular flexibility index (Phi) is 12.7. The van der Waals surface area contributed by atoms with Gasteiger partial charge in [-0.05, 0) is 128 Å². The van der Waals surface area contributed by atoms with E-state index in [1.165, 1.54) is 0 Å². The van der Waals surface area contributed by atoms with Crippen molar-refractivity contribution < 1.29 is 14.4 Å². The van der Waals surface area contributed by atoms with E-state index in [2.05, 4.69) is 34.1 Å². The summed E-state index contributed by atoms with van der Waals surface area (Å²) in [5, 5.41) is 9.05. The monoisotopic (exact) mass is 683 g/mol. The van der Waals surface area contributed by atoms with Crippen molar-refractivity contribution in [2.75, 3.05) is 35.6 Å². The second-order valence-corrected chi connectivity index (χ2v) is 13.5. The summed E-state index contributed by atoms with van der Waals surface area (Å²) in [4.78, 5) is 39.1. The highest BCUT2D eigenvalue weighted by Crippen LogP contribution is 2.57. The third-order valence-corrected chi connectivity index (χ3v) is 9.85. The zero-order chi connectivity index (χ0) is 35.8. The van der Waals surface area contributed by atoms with Gasteiger partial charge >= 0.3 is 0 Å². The molecule has 3 amide bonds. The lowest BCUT2D eigenvalue weighted by Gasteiger charge is -2.42. The molecule has 3 aliphatic rings. The molecule has 0 spiro atoms. The van der Waals surface area contributed by atoms with E-state index >= 15 is 0 Å². The average Bonchev–Trinajstić information content (AvgIpc) is 3.11. The van der Waals surface area contributed by atoms with Gasteiger partial charge in [0.05, 0.1) is 18.1 Å². The Balaban J connectivity index is 1.47. The van der Waals surface area contributed by atoms with Crippen LogP contribution in [0.4, 0.5) is 17.1 Å².